The maximum absolute atomic E-state index is 12.3. The summed E-state index contributed by atoms with van der Waals surface area (Å²) in [5, 5.41) is 0. The Morgan fingerprint density at radius 1 is 1.47 bits per heavy atom. The lowest BCUT2D eigenvalue weighted by Gasteiger charge is -2.40. The zero-order chi connectivity index (χ0) is 13.0. The van der Waals surface area contributed by atoms with E-state index in [0.29, 0.717) is 12.5 Å². The van der Waals surface area contributed by atoms with Gasteiger partial charge in [-0.15, -0.1) is 0 Å². The number of hydrogen-bond donors (Lipinski definition) is 1. The Labute approximate surface area is 104 Å². The summed E-state index contributed by atoms with van der Waals surface area (Å²) >= 11 is 0. The second-order valence-electron chi connectivity index (χ2n) is 5.34. The summed E-state index contributed by atoms with van der Waals surface area (Å²) in [4.78, 5) is 14.3. The first kappa shape index (κ1) is 14.5. The van der Waals surface area contributed by atoms with Crippen molar-refractivity contribution in [1.82, 2.24) is 4.90 Å². The Morgan fingerprint density at radius 2 is 2.12 bits per heavy atom. The summed E-state index contributed by atoms with van der Waals surface area (Å²) in [7, 11) is 1.73. The first-order valence-corrected chi connectivity index (χ1v) is 6.54. The van der Waals surface area contributed by atoms with Gasteiger partial charge in [-0.05, 0) is 18.8 Å². The van der Waals surface area contributed by atoms with Crippen LogP contribution in [0.1, 0.15) is 33.6 Å². The Hall–Kier alpha value is -0.610. The Balaban J connectivity index is 2.66. The van der Waals surface area contributed by atoms with Crippen molar-refractivity contribution in [2.24, 2.45) is 17.6 Å². The van der Waals surface area contributed by atoms with Crippen LogP contribution in [0.2, 0.25) is 0 Å². The molecule has 0 aliphatic carbocycles. The fourth-order valence-electron chi connectivity index (χ4n) is 2.29. The van der Waals surface area contributed by atoms with Crippen molar-refractivity contribution >= 4 is 5.91 Å². The van der Waals surface area contributed by atoms with Crippen molar-refractivity contribution in [3.05, 3.63) is 0 Å². The lowest BCUT2D eigenvalue weighted by Crippen LogP contribution is -2.53. The smallest absolute Gasteiger partial charge is 0.225 e. The molecule has 4 heteroatoms. The highest BCUT2D eigenvalue weighted by Crippen LogP contribution is 2.23. The normalized spacial score (nSPS) is 27.3. The molecule has 1 fully saturated rings. The molecule has 0 spiro atoms. The van der Waals surface area contributed by atoms with Crippen molar-refractivity contribution in [3.8, 4) is 0 Å². The van der Waals surface area contributed by atoms with E-state index in [4.69, 9.17) is 10.5 Å². The third-order valence-electron chi connectivity index (χ3n) is 3.95. The molecule has 17 heavy (non-hydrogen) atoms. The molecule has 1 aliphatic rings. The third kappa shape index (κ3) is 3.42. The van der Waals surface area contributed by atoms with Crippen molar-refractivity contribution in [2.45, 2.75) is 45.8 Å². The molecule has 1 aliphatic heterocycles. The van der Waals surface area contributed by atoms with Crippen LogP contribution in [0.25, 0.3) is 0 Å². The number of likely N-dealkylation sites (tertiary alicyclic amines) is 1. The summed E-state index contributed by atoms with van der Waals surface area (Å²) in [5.41, 5.74) is 5.78. The lowest BCUT2D eigenvalue weighted by atomic mass is 9.92. The van der Waals surface area contributed by atoms with E-state index in [1.165, 1.54) is 0 Å². The number of nitrogens with two attached hydrogens (primary N) is 1. The summed E-state index contributed by atoms with van der Waals surface area (Å²) < 4.78 is 5.37. The van der Waals surface area contributed by atoms with Crippen LogP contribution < -0.4 is 5.73 Å². The number of piperidine rings is 1. The number of nitrogens with zero attached hydrogens (tertiary/aromatic N) is 1. The number of carbonyl (C=O) groups excluding carboxylic acids is 1. The number of amides is 1. The Kier molecular flexibility index (Phi) is 5.40. The predicted octanol–water partition coefficient (Wildman–Crippen LogP) is 1.24. The molecule has 0 aromatic rings. The largest absolute Gasteiger partial charge is 0.381 e. The standard InChI is InChI=1S/C13H26N2O2/c1-9(2)10(3)13(16)15-6-5-12(17-4)7-11(15)8-14/h9-12H,5-8,14H2,1-4H3. The highest BCUT2D eigenvalue weighted by Gasteiger charge is 2.33. The molecule has 1 heterocycles. The van der Waals surface area contributed by atoms with E-state index < -0.39 is 0 Å². The molecular formula is C13H26N2O2. The van der Waals surface area contributed by atoms with Gasteiger partial charge < -0.3 is 15.4 Å². The number of ether oxygens (including phenoxy) is 1. The minimum absolute atomic E-state index is 0.0724. The molecule has 0 aromatic carbocycles. The van der Waals surface area contributed by atoms with Gasteiger partial charge in [0.2, 0.25) is 5.91 Å². The molecule has 1 rings (SSSR count). The molecule has 1 amide bonds. The maximum Gasteiger partial charge on any atom is 0.225 e. The fraction of sp³-hybridized carbons (Fsp3) is 0.923. The molecule has 0 aromatic heterocycles. The van der Waals surface area contributed by atoms with E-state index in [1.807, 2.05) is 11.8 Å². The van der Waals surface area contributed by atoms with Gasteiger partial charge >= 0.3 is 0 Å². The Morgan fingerprint density at radius 3 is 2.59 bits per heavy atom. The average molecular weight is 242 g/mol. The second-order valence-corrected chi connectivity index (χ2v) is 5.34. The molecule has 3 unspecified atom stereocenters. The van der Waals surface area contributed by atoms with E-state index in [2.05, 4.69) is 13.8 Å². The van der Waals surface area contributed by atoms with E-state index >= 15 is 0 Å². The third-order valence-corrected chi connectivity index (χ3v) is 3.95. The van der Waals surface area contributed by atoms with Crippen LogP contribution in [-0.4, -0.2) is 43.2 Å². The number of rotatable bonds is 4. The van der Waals surface area contributed by atoms with Crippen molar-refractivity contribution < 1.29 is 9.53 Å². The van der Waals surface area contributed by atoms with Crippen molar-refractivity contribution in [2.75, 3.05) is 20.2 Å². The maximum atomic E-state index is 12.3. The van der Waals surface area contributed by atoms with Gasteiger partial charge in [0, 0.05) is 32.2 Å². The zero-order valence-electron chi connectivity index (χ0n) is 11.5. The van der Waals surface area contributed by atoms with E-state index in [-0.39, 0.29) is 24.0 Å². The van der Waals surface area contributed by atoms with Crippen LogP contribution in [0, 0.1) is 11.8 Å². The minimum atomic E-state index is 0.0724. The second kappa shape index (κ2) is 6.36. The van der Waals surface area contributed by atoms with Gasteiger partial charge in [0.05, 0.1) is 6.10 Å². The van der Waals surface area contributed by atoms with Crippen LogP contribution in [0.5, 0.6) is 0 Å². The van der Waals surface area contributed by atoms with E-state index in [0.717, 1.165) is 19.4 Å². The van der Waals surface area contributed by atoms with Crippen LogP contribution >= 0.6 is 0 Å². The first-order chi connectivity index (χ1) is 8.01. The topological polar surface area (TPSA) is 55.6 Å². The van der Waals surface area contributed by atoms with Crippen molar-refractivity contribution in [3.63, 3.8) is 0 Å². The average Bonchev–Trinajstić information content (AvgIpc) is 2.35. The van der Waals surface area contributed by atoms with Gasteiger partial charge in [-0.1, -0.05) is 20.8 Å². The molecule has 4 nitrogen and oxygen atoms in total. The lowest BCUT2D eigenvalue weighted by molar-refractivity contribution is -0.142. The molecule has 2 N–H and O–H groups in total. The van der Waals surface area contributed by atoms with Gasteiger partial charge in [0.25, 0.3) is 0 Å². The first-order valence-electron chi connectivity index (χ1n) is 6.54. The summed E-state index contributed by atoms with van der Waals surface area (Å²) in [6.45, 7) is 7.47. The molecular weight excluding hydrogens is 216 g/mol. The monoisotopic (exact) mass is 242 g/mol. The number of hydrogen-bond acceptors (Lipinski definition) is 3. The summed E-state index contributed by atoms with van der Waals surface area (Å²) in [6, 6.07) is 0.141. The predicted molar refractivity (Wildman–Crippen MR) is 68.6 cm³/mol. The number of carbonyl (C=O) groups is 1. The van der Waals surface area contributed by atoms with Gasteiger partial charge in [-0.25, -0.2) is 0 Å². The molecule has 0 bridgehead atoms. The molecule has 0 radical (unpaired) electrons. The zero-order valence-corrected chi connectivity index (χ0v) is 11.5. The van der Waals surface area contributed by atoms with Crippen LogP contribution in [0.4, 0.5) is 0 Å². The molecule has 1 saturated heterocycles. The fourth-order valence-corrected chi connectivity index (χ4v) is 2.29. The minimum Gasteiger partial charge on any atom is -0.381 e. The van der Waals surface area contributed by atoms with Crippen molar-refractivity contribution in [1.29, 1.82) is 0 Å². The van der Waals surface area contributed by atoms with Crippen LogP contribution in [-0.2, 0) is 9.53 Å². The molecule has 100 valence electrons. The van der Waals surface area contributed by atoms with Gasteiger partial charge in [-0.2, -0.15) is 0 Å². The van der Waals surface area contributed by atoms with E-state index in [9.17, 15) is 4.79 Å². The summed E-state index contributed by atoms with van der Waals surface area (Å²) in [5.74, 6) is 0.689. The SMILES string of the molecule is COC1CCN(C(=O)C(C)C(C)C)C(CN)C1. The number of methoxy groups -OCH3 is 1. The van der Waals surface area contributed by atoms with Gasteiger partial charge in [0.1, 0.15) is 0 Å². The highest BCUT2D eigenvalue weighted by molar-refractivity contribution is 5.79. The van der Waals surface area contributed by atoms with Crippen LogP contribution in [0.3, 0.4) is 0 Å². The van der Waals surface area contributed by atoms with E-state index in [1.54, 1.807) is 7.11 Å². The highest BCUT2D eigenvalue weighted by atomic mass is 16.5. The Bertz CT molecular complexity index is 256. The van der Waals surface area contributed by atoms with Gasteiger partial charge in [0.15, 0.2) is 0 Å². The van der Waals surface area contributed by atoms with Gasteiger partial charge in [-0.3, -0.25) is 4.79 Å². The summed E-state index contributed by atoms with van der Waals surface area (Å²) in [6.07, 6.45) is 2.04. The van der Waals surface area contributed by atoms with Crippen LogP contribution in [0.15, 0.2) is 0 Å². The quantitative estimate of drug-likeness (QED) is 0.807. The molecule has 0 saturated carbocycles. The molecule has 3 atom stereocenters.